The summed E-state index contributed by atoms with van der Waals surface area (Å²) in [6.07, 6.45) is 5.03. The summed E-state index contributed by atoms with van der Waals surface area (Å²) >= 11 is 0. The molecule has 28 heavy (non-hydrogen) atoms. The summed E-state index contributed by atoms with van der Waals surface area (Å²) in [6, 6.07) is 1.94. The van der Waals surface area contributed by atoms with Crippen LogP contribution in [-0.4, -0.2) is 62.1 Å². The molecule has 0 saturated carbocycles. The second-order valence-corrected chi connectivity index (χ2v) is 8.01. The molecule has 8 nitrogen and oxygen atoms in total. The first-order chi connectivity index (χ1) is 13.5. The summed E-state index contributed by atoms with van der Waals surface area (Å²) in [5, 5.41) is 4.34. The Kier molecular flexibility index (Phi) is 5.30. The number of fused-ring (bicyclic) bond motifs is 1. The van der Waals surface area contributed by atoms with E-state index in [9.17, 15) is 9.59 Å². The van der Waals surface area contributed by atoms with Crippen LogP contribution in [0.4, 0.5) is 0 Å². The number of nitrogens with zero attached hydrogens (tertiary/aromatic N) is 5. The Bertz CT molecular complexity index is 918. The molecule has 1 fully saturated rings. The number of likely N-dealkylation sites (N-methyl/N-ethyl adjacent to an activating group) is 1. The predicted octanol–water partition coefficient (Wildman–Crippen LogP) is 1.06. The lowest BCUT2D eigenvalue weighted by Gasteiger charge is -2.33. The zero-order valence-corrected chi connectivity index (χ0v) is 16.6. The van der Waals surface area contributed by atoms with Gasteiger partial charge in [-0.3, -0.25) is 14.3 Å². The van der Waals surface area contributed by atoms with Gasteiger partial charge >= 0.3 is 0 Å². The number of aromatic amines is 1. The Morgan fingerprint density at radius 2 is 2.21 bits per heavy atom. The lowest BCUT2D eigenvalue weighted by Crippen LogP contribution is -2.41. The summed E-state index contributed by atoms with van der Waals surface area (Å²) in [7, 11) is 2.02. The SMILES string of the molecule is Cc1ccn(CCC(=O)N2CCC[C@H](c3nc4c(c(=O)[nH]3)CN(C)CC4)C2)n1. The largest absolute Gasteiger partial charge is 0.342 e. The Labute approximate surface area is 164 Å². The average Bonchev–Trinajstić information content (AvgIpc) is 3.12. The van der Waals surface area contributed by atoms with Crippen molar-refractivity contribution >= 4 is 5.91 Å². The summed E-state index contributed by atoms with van der Waals surface area (Å²) < 4.78 is 1.81. The summed E-state index contributed by atoms with van der Waals surface area (Å²) in [5.41, 5.74) is 2.65. The number of piperidine rings is 1. The summed E-state index contributed by atoms with van der Waals surface area (Å²) in [4.78, 5) is 37.1. The van der Waals surface area contributed by atoms with Gasteiger partial charge in [0.25, 0.3) is 5.56 Å². The van der Waals surface area contributed by atoms with E-state index in [0.717, 1.165) is 55.1 Å². The van der Waals surface area contributed by atoms with Crippen molar-refractivity contribution in [2.75, 3.05) is 26.7 Å². The Hall–Kier alpha value is -2.48. The smallest absolute Gasteiger partial charge is 0.255 e. The van der Waals surface area contributed by atoms with Gasteiger partial charge in [-0.2, -0.15) is 5.10 Å². The molecule has 1 amide bonds. The molecule has 4 heterocycles. The molecule has 2 aromatic rings. The van der Waals surface area contributed by atoms with Crippen LogP contribution in [-0.2, 0) is 24.3 Å². The lowest BCUT2D eigenvalue weighted by molar-refractivity contribution is -0.132. The maximum Gasteiger partial charge on any atom is 0.255 e. The standard InChI is InChI=1S/C20H28N6O2/c1-14-5-10-26(23-14)11-7-18(27)25-8-3-4-15(12-25)19-21-17-6-9-24(2)13-16(17)20(28)22-19/h5,10,15H,3-4,6-9,11-13H2,1-2H3,(H,21,22,28)/t15-/m0/s1. The fraction of sp³-hybridized carbons (Fsp3) is 0.600. The van der Waals surface area contributed by atoms with Crippen molar-refractivity contribution in [1.82, 2.24) is 29.5 Å². The van der Waals surface area contributed by atoms with Crippen molar-refractivity contribution in [2.24, 2.45) is 0 Å². The number of carbonyl (C=O) groups excluding carboxylic acids is 1. The van der Waals surface area contributed by atoms with E-state index in [2.05, 4.69) is 15.0 Å². The van der Waals surface area contributed by atoms with Gasteiger partial charge in [-0.25, -0.2) is 4.98 Å². The zero-order chi connectivity index (χ0) is 19.7. The maximum atomic E-state index is 12.7. The van der Waals surface area contributed by atoms with Gasteiger partial charge in [0.2, 0.25) is 5.91 Å². The fourth-order valence-electron chi connectivity index (χ4n) is 4.16. The van der Waals surface area contributed by atoms with Crippen LogP contribution in [0.5, 0.6) is 0 Å². The zero-order valence-electron chi connectivity index (χ0n) is 16.6. The van der Waals surface area contributed by atoms with E-state index in [-0.39, 0.29) is 17.4 Å². The highest BCUT2D eigenvalue weighted by atomic mass is 16.2. The van der Waals surface area contributed by atoms with E-state index in [4.69, 9.17) is 4.98 Å². The number of likely N-dealkylation sites (tertiary alicyclic amines) is 1. The van der Waals surface area contributed by atoms with Crippen LogP contribution in [0.15, 0.2) is 17.1 Å². The van der Waals surface area contributed by atoms with Gasteiger partial charge < -0.3 is 14.8 Å². The highest BCUT2D eigenvalue weighted by Crippen LogP contribution is 2.25. The van der Waals surface area contributed by atoms with Crippen LogP contribution in [0.3, 0.4) is 0 Å². The molecule has 1 atom stereocenters. The average molecular weight is 384 g/mol. The summed E-state index contributed by atoms with van der Waals surface area (Å²) in [5.74, 6) is 0.982. The molecule has 1 N–H and O–H groups in total. The molecule has 0 bridgehead atoms. The minimum Gasteiger partial charge on any atom is -0.342 e. The van der Waals surface area contributed by atoms with Gasteiger partial charge in [0, 0.05) is 57.7 Å². The maximum absolute atomic E-state index is 12.7. The quantitative estimate of drug-likeness (QED) is 0.852. The number of hydrogen-bond donors (Lipinski definition) is 1. The van der Waals surface area contributed by atoms with Gasteiger partial charge in [0.05, 0.1) is 17.0 Å². The number of H-pyrrole nitrogens is 1. The van der Waals surface area contributed by atoms with Crippen LogP contribution in [0, 0.1) is 6.92 Å². The van der Waals surface area contributed by atoms with Crippen LogP contribution in [0.1, 0.15) is 48.0 Å². The van der Waals surface area contributed by atoms with Crippen molar-refractivity contribution in [2.45, 2.75) is 51.6 Å². The van der Waals surface area contributed by atoms with Crippen LogP contribution < -0.4 is 5.56 Å². The number of aryl methyl sites for hydroxylation is 2. The van der Waals surface area contributed by atoms with Crippen molar-refractivity contribution in [3.8, 4) is 0 Å². The topological polar surface area (TPSA) is 87.1 Å². The molecule has 8 heteroatoms. The molecular formula is C20H28N6O2. The van der Waals surface area contributed by atoms with Gasteiger partial charge in [-0.05, 0) is 32.9 Å². The Balaban J connectivity index is 1.43. The minimum absolute atomic E-state index is 0.0240. The molecule has 4 rings (SSSR count). The van der Waals surface area contributed by atoms with Gasteiger partial charge in [0.1, 0.15) is 5.82 Å². The van der Waals surface area contributed by atoms with E-state index >= 15 is 0 Å². The van der Waals surface area contributed by atoms with Crippen molar-refractivity contribution < 1.29 is 4.79 Å². The molecule has 0 unspecified atom stereocenters. The van der Waals surface area contributed by atoms with E-state index < -0.39 is 0 Å². The van der Waals surface area contributed by atoms with Crippen molar-refractivity contribution in [3.63, 3.8) is 0 Å². The third-order valence-electron chi connectivity index (χ3n) is 5.77. The Morgan fingerprint density at radius 3 is 3.00 bits per heavy atom. The third-order valence-corrected chi connectivity index (χ3v) is 5.77. The molecular weight excluding hydrogens is 356 g/mol. The van der Waals surface area contributed by atoms with E-state index in [0.29, 0.717) is 26.1 Å². The number of nitrogens with one attached hydrogen (secondary N) is 1. The molecule has 0 radical (unpaired) electrons. The van der Waals surface area contributed by atoms with Crippen LogP contribution >= 0.6 is 0 Å². The molecule has 2 aromatic heterocycles. The number of hydrogen-bond acceptors (Lipinski definition) is 5. The fourth-order valence-corrected chi connectivity index (χ4v) is 4.16. The van der Waals surface area contributed by atoms with Gasteiger partial charge in [-0.1, -0.05) is 0 Å². The molecule has 2 aliphatic rings. The second-order valence-electron chi connectivity index (χ2n) is 8.01. The molecule has 0 aliphatic carbocycles. The highest BCUT2D eigenvalue weighted by Gasteiger charge is 2.28. The number of amides is 1. The second kappa shape index (κ2) is 7.87. The van der Waals surface area contributed by atoms with E-state index in [1.165, 1.54) is 0 Å². The van der Waals surface area contributed by atoms with E-state index in [1.807, 2.05) is 35.8 Å². The molecule has 1 saturated heterocycles. The first-order valence-electron chi connectivity index (χ1n) is 10.1. The third kappa shape index (κ3) is 4.01. The first kappa shape index (κ1) is 18.9. The van der Waals surface area contributed by atoms with Gasteiger partial charge in [0.15, 0.2) is 0 Å². The van der Waals surface area contributed by atoms with Crippen LogP contribution in [0.25, 0.3) is 0 Å². The lowest BCUT2D eigenvalue weighted by atomic mass is 9.96. The van der Waals surface area contributed by atoms with Crippen molar-refractivity contribution in [3.05, 3.63) is 45.4 Å². The number of rotatable bonds is 4. The first-order valence-corrected chi connectivity index (χ1v) is 10.1. The minimum atomic E-state index is -0.0240. The summed E-state index contributed by atoms with van der Waals surface area (Å²) in [6.45, 7) is 5.50. The van der Waals surface area contributed by atoms with Gasteiger partial charge in [-0.15, -0.1) is 0 Å². The van der Waals surface area contributed by atoms with E-state index in [1.54, 1.807) is 0 Å². The molecule has 0 aromatic carbocycles. The normalized spacial score (nSPS) is 20.2. The van der Waals surface area contributed by atoms with Crippen LogP contribution in [0.2, 0.25) is 0 Å². The number of carbonyl (C=O) groups is 1. The molecule has 2 aliphatic heterocycles. The molecule has 0 spiro atoms. The Morgan fingerprint density at radius 1 is 1.36 bits per heavy atom. The van der Waals surface area contributed by atoms with Crippen molar-refractivity contribution in [1.29, 1.82) is 0 Å². The molecule has 150 valence electrons. The highest BCUT2D eigenvalue weighted by molar-refractivity contribution is 5.76. The number of aromatic nitrogens is 4. The predicted molar refractivity (Wildman–Crippen MR) is 105 cm³/mol. The monoisotopic (exact) mass is 384 g/mol.